The number of hydrogen-bond donors (Lipinski definition) is 1. The zero-order valence-electron chi connectivity index (χ0n) is 15.8. The van der Waals surface area contributed by atoms with Crippen molar-refractivity contribution in [2.75, 3.05) is 19.6 Å². The molecule has 0 aliphatic heterocycles. The number of benzene rings is 2. The van der Waals surface area contributed by atoms with E-state index in [1.54, 1.807) is 0 Å². The van der Waals surface area contributed by atoms with Gasteiger partial charge in [0.2, 0.25) is 0 Å². The van der Waals surface area contributed by atoms with Crippen molar-refractivity contribution in [3.8, 4) is 0 Å². The smallest absolute Gasteiger partial charge is 0.0916 e. The maximum absolute atomic E-state index is 10.6. The number of nitrogens with zero attached hydrogens (tertiary/aromatic N) is 1. The Morgan fingerprint density at radius 3 is 1.92 bits per heavy atom. The van der Waals surface area contributed by atoms with Gasteiger partial charge in [0.25, 0.3) is 0 Å². The fourth-order valence-corrected chi connectivity index (χ4v) is 3.10. The first-order valence-electron chi connectivity index (χ1n) is 9.76. The lowest BCUT2D eigenvalue weighted by atomic mass is 10.0. The molecule has 1 N–H and O–H groups in total. The molecule has 2 rings (SSSR count). The molecule has 0 radical (unpaired) electrons. The van der Waals surface area contributed by atoms with E-state index in [0.29, 0.717) is 0 Å². The summed E-state index contributed by atoms with van der Waals surface area (Å²) in [4.78, 5) is 2.41. The molecule has 2 heteroatoms. The Balaban J connectivity index is 1.92. The third kappa shape index (κ3) is 7.01. The van der Waals surface area contributed by atoms with Crippen LogP contribution in [0.1, 0.15) is 62.3 Å². The van der Waals surface area contributed by atoms with E-state index in [2.05, 4.69) is 67.3 Å². The van der Waals surface area contributed by atoms with Crippen LogP contribution in [0.4, 0.5) is 0 Å². The van der Waals surface area contributed by atoms with Gasteiger partial charge in [0.1, 0.15) is 0 Å². The molecule has 1 atom stereocenters. The van der Waals surface area contributed by atoms with Crippen molar-refractivity contribution in [2.45, 2.75) is 52.1 Å². The summed E-state index contributed by atoms with van der Waals surface area (Å²) in [7, 11) is 0. The molecule has 1 unspecified atom stereocenters. The first-order chi connectivity index (χ1) is 12.2. The highest BCUT2D eigenvalue weighted by molar-refractivity contribution is 5.29. The highest BCUT2D eigenvalue weighted by Crippen LogP contribution is 2.18. The lowest BCUT2D eigenvalue weighted by Crippen LogP contribution is -2.30. The van der Waals surface area contributed by atoms with Crippen LogP contribution >= 0.6 is 0 Å². The predicted molar refractivity (Wildman–Crippen MR) is 107 cm³/mol. The molecule has 0 saturated carbocycles. The molecule has 2 aromatic carbocycles. The second-order valence-corrected chi connectivity index (χ2v) is 6.93. The topological polar surface area (TPSA) is 23.5 Å². The Kier molecular flexibility index (Phi) is 8.71. The summed E-state index contributed by atoms with van der Waals surface area (Å²) in [6, 6.07) is 19.0. The maximum atomic E-state index is 10.6. The van der Waals surface area contributed by atoms with Gasteiger partial charge in [-0.15, -0.1) is 0 Å². The molecule has 136 valence electrons. The monoisotopic (exact) mass is 339 g/mol. The molecule has 25 heavy (non-hydrogen) atoms. The van der Waals surface area contributed by atoms with Gasteiger partial charge >= 0.3 is 0 Å². The van der Waals surface area contributed by atoms with Gasteiger partial charge in [-0.1, -0.05) is 81.3 Å². The molecular formula is C23H33NO. The second-order valence-electron chi connectivity index (χ2n) is 6.93. The van der Waals surface area contributed by atoms with Crippen molar-refractivity contribution < 1.29 is 5.11 Å². The van der Waals surface area contributed by atoms with E-state index in [4.69, 9.17) is 0 Å². The van der Waals surface area contributed by atoms with Crippen LogP contribution in [0.3, 0.4) is 0 Å². The molecule has 0 amide bonds. The van der Waals surface area contributed by atoms with Crippen molar-refractivity contribution in [1.29, 1.82) is 0 Å². The van der Waals surface area contributed by atoms with Crippen LogP contribution < -0.4 is 0 Å². The molecule has 0 heterocycles. The highest BCUT2D eigenvalue weighted by atomic mass is 16.3. The van der Waals surface area contributed by atoms with Crippen LogP contribution in [0.25, 0.3) is 0 Å². The predicted octanol–water partition coefficient (Wildman–Crippen LogP) is 5.21. The van der Waals surface area contributed by atoms with Crippen molar-refractivity contribution >= 4 is 0 Å². The van der Waals surface area contributed by atoms with Crippen molar-refractivity contribution in [3.63, 3.8) is 0 Å². The third-order valence-electron chi connectivity index (χ3n) is 4.70. The third-order valence-corrected chi connectivity index (χ3v) is 4.70. The van der Waals surface area contributed by atoms with Crippen molar-refractivity contribution in [2.24, 2.45) is 0 Å². The van der Waals surface area contributed by atoms with Gasteiger partial charge < -0.3 is 10.0 Å². The largest absolute Gasteiger partial charge is 0.387 e. The summed E-state index contributed by atoms with van der Waals surface area (Å²) in [6.45, 7) is 7.34. The van der Waals surface area contributed by atoms with Gasteiger partial charge in [0.15, 0.2) is 0 Å². The molecule has 0 aliphatic rings. The minimum atomic E-state index is -0.403. The lowest BCUT2D eigenvalue weighted by molar-refractivity contribution is 0.111. The number of rotatable bonds is 11. The van der Waals surface area contributed by atoms with Gasteiger partial charge in [-0.05, 0) is 49.0 Å². The van der Waals surface area contributed by atoms with Crippen LogP contribution in [-0.2, 0) is 6.42 Å². The number of unbranched alkanes of at least 4 members (excludes halogenated alkanes) is 2. The van der Waals surface area contributed by atoms with Gasteiger partial charge in [-0.3, -0.25) is 0 Å². The standard InChI is InChI=1S/C23H33NO/c1-3-5-16-24(17-6-4-2)19-23(25)22-14-12-21(13-15-22)18-20-10-8-7-9-11-20/h7-15,23,25H,3-6,16-19H2,1-2H3. The van der Waals surface area contributed by atoms with Gasteiger partial charge in [0, 0.05) is 6.54 Å². The molecular weight excluding hydrogens is 306 g/mol. The SMILES string of the molecule is CCCCN(CCCC)CC(O)c1ccc(Cc2ccccc2)cc1. The van der Waals surface area contributed by atoms with E-state index in [9.17, 15) is 5.11 Å². The van der Waals surface area contributed by atoms with Crippen LogP contribution in [0.2, 0.25) is 0 Å². The average Bonchev–Trinajstić information content (AvgIpc) is 2.65. The molecule has 2 aromatic rings. The first-order valence-corrected chi connectivity index (χ1v) is 9.76. The van der Waals surface area contributed by atoms with E-state index < -0.39 is 6.10 Å². The molecule has 0 spiro atoms. The van der Waals surface area contributed by atoms with Gasteiger partial charge in [0.05, 0.1) is 6.10 Å². The van der Waals surface area contributed by atoms with Gasteiger partial charge in [-0.25, -0.2) is 0 Å². The van der Waals surface area contributed by atoms with E-state index in [-0.39, 0.29) is 0 Å². The number of aliphatic hydroxyl groups is 1. The van der Waals surface area contributed by atoms with E-state index in [1.807, 2.05) is 6.07 Å². The van der Waals surface area contributed by atoms with Crippen molar-refractivity contribution in [1.82, 2.24) is 4.90 Å². The Hall–Kier alpha value is -1.64. The minimum Gasteiger partial charge on any atom is -0.387 e. The Morgan fingerprint density at radius 2 is 1.36 bits per heavy atom. The molecule has 0 aromatic heterocycles. The summed E-state index contributed by atoms with van der Waals surface area (Å²) in [5, 5.41) is 10.6. The average molecular weight is 340 g/mol. The Morgan fingerprint density at radius 1 is 0.800 bits per heavy atom. The van der Waals surface area contributed by atoms with Crippen LogP contribution in [0, 0.1) is 0 Å². The zero-order valence-corrected chi connectivity index (χ0v) is 15.8. The number of hydrogen-bond acceptors (Lipinski definition) is 2. The fraction of sp³-hybridized carbons (Fsp3) is 0.478. The van der Waals surface area contributed by atoms with Crippen LogP contribution in [0.15, 0.2) is 54.6 Å². The molecule has 2 nitrogen and oxygen atoms in total. The molecule has 0 aliphatic carbocycles. The lowest BCUT2D eigenvalue weighted by Gasteiger charge is -2.25. The van der Waals surface area contributed by atoms with Crippen molar-refractivity contribution in [3.05, 3.63) is 71.3 Å². The summed E-state index contributed by atoms with van der Waals surface area (Å²) in [5.41, 5.74) is 3.63. The molecule has 0 fully saturated rings. The first kappa shape index (κ1) is 19.7. The Bertz CT molecular complexity index is 571. The zero-order chi connectivity index (χ0) is 17.9. The van der Waals surface area contributed by atoms with E-state index in [1.165, 1.54) is 36.8 Å². The normalized spacial score (nSPS) is 12.5. The summed E-state index contributed by atoms with van der Waals surface area (Å²) in [6.07, 6.45) is 5.34. The molecule has 0 bridgehead atoms. The second kappa shape index (κ2) is 11.1. The minimum absolute atomic E-state index is 0.403. The van der Waals surface area contributed by atoms with Crippen LogP contribution in [-0.4, -0.2) is 29.6 Å². The highest BCUT2D eigenvalue weighted by Gasteiger charge is 2.13. The number of aliphatic hydroxyl groups excluding tert-OH is 1. The molecule has 0 saturated heterocycles. The van der Waals surface area contributed by atoms with E-state index >= 15 is 0 Å². The van der Waals surface area contributed by atoms with E-state index in [0.717, 1.165) is 31.6 Å². The van der Waals surface area contributed by atoms with Gasteiger partial charge in [-0.2, -0.15) is 0 Å². The summed E-state index contributed by atoms with van der Waals surface area (Å²) in [5.74, 6) is 0. The maximum Gasteiger partial charge on any atom is 0.0916 e. The summed E-state index contributed by atoms with van der Waals surface area (Å²) < 4.78 is 0. The fourth-order valence-electron chi connectivity index (χ4n) is 3.10. The quantitative estimate of drug-likeness (QED) is 0.607. The summed E-state index contributed by atoms with van der Waals surface area (Å²) >= 11 is 0. The van der Waals surface area contributed by atoms with Crippen LogP contribution in [0.5, 0.6) is 0 Å². The Labute approximate surface area is 153 Å².